The molecule has 1 N–H and O–H groups in total. The molecule has 29 heavy (non-hydrogen) atoms. The second kappa shape index (κ2) is 8.88. The fraction of sp³-hybridized carbons (Fsp3) is 0.278. The normalized spacial score (nSPS) is 11.9. The van der Waals surface area contributed by atoms with Gasteiger partial charge in [0.05, 0.1) is 10.9 Å². The lowest BCUT2D eigenvalue weighted by atomic mass is 10.0. The van der Waals surface area contributed by atoms with Crippen LogP contribution < -0.4 is 5.32 Å². The fourth-order valence-corrected chi connectivity index (χ4v) is 6.02. The summed E-state index contributed by atoms with van der Waals surface area (Å²) < 4.78 is 26.4. The highest BCUT2D eigenvalue weighted by atomic mass is 35.5. The first-order valence-corrected chi connectivity index (χ1v) is 12.1. The van der Waals surface area contributed by atoms with E-state index in [0.29, 0.717) is 20.4 Å². The number of amides is 1. The van der Waals surface area contributed by atoms with E-state index in [1.807, 2.05) is 24.3 Å². The van der Waals surface area contributed by atoms with Crippen LogP contribution in [-0.4, -0.2) is 42.4 Å². The average Bonchev–Trinajstić information content (AvgIpc) is 3.31. The Bertz CT molecular complexity index is 1110. The van der Waals surface area contributed by atoms with E-state index < -0.39 is 15.9 Å². The molecule has 0 unspecified atom stereocenters. The number of nitrogens with one attached hydrogen (secondary N) is 1. The zero-order valence-corrected chi connectivity index (χ0v) is 19.1. The number of sulfonamides is 1. The van der Waals surface area contributed by atoms with Gasteiger partial charge in [-0.05, 0) is 23.6 Å². The summed E-state index contributed by atoms with van der Waals surface area (Å²) >= 11 is 7.97. The Labute approximate surface area is 182 Å². The van der Waals surface area contributed by atoms with E-state index in [1.54, 1.807) is 0 Å². The maximum Gasteiger partial charge on any atom is 0.252 e. The van der Waals surface area contributed by atoms with Crippen LogP contribution in [0.15, 0.2) is 40.6 Å². The predicted octanol–water partition coefficient (Wildman–Crippen LogP) is 4.30. The summed E-state index contributed by atoms with van der Waals surface area (Å²) in [7, 11) is -2.44. The van der Waals surface area contributed by atoms with Gasteiger partial charge in [0, 0.05) is 12.6 Å². The minimum atomic E-state index is -3.78. The van der Waals surface area contributed by atoms with Crippen LogP contribution in [-0.2, 0) is 14.8 Å². The molecule has 1 amide bonds. The molecule has 154 valence electrons. The van der Waals surface area contributed by atoms with Gasteiger partial charge in [0.1, 0.15) is 9.22 Å². The third kappa shape index (κ3) is 5.20. The highest BCUT2D eigenvalue weighted by molar-refractivity contribution is 7.91. The Morgan fingerprint density at radius 3 is 2.41 bits per heavy atom. The molecule has 0 aliphatic heterocycles. The van der Waals surface area contributed by atoms with E-state index in [-0.39, 0.29) is 10.8 Å². The van der Waals surface area contributed by atoms with Crippen molar-refractivity contribution >= 4 is 55.3 Å². The number of carbonyl (C=O) groups is 1. The summed E-state index contributed by atoms with van der Waals surface area (Å²) in [4.78, 5) is 12.3. The van der Waals surface area contributed by atoms with Gasteiger partial charge in [-0.3, -0.25) is 10.1 Å². The molecule has 0 saturated carbocycles. The zero-order valence-electron chi connectivity index (χ0n) is 15.9. The number of hydrogen-bond donors (Lipinski definition) is 1. The van der Waals surface area contributed by atoms with Crippen LogP contribution in [0.4, 0.5) is 5.13 Å². The van der Waals surface area contributed by atoms with Crippen molar-refractivity contribution in [2.24, 2.45) is 0 Å². The molecule has 0 radical (unpaired) electrons. The molecular weight excluding hydrogens is 452 g/mol. The number of anilines is 1. The van der Waals surface area contributed by atoms with Crippen LogP contribution in [0.3, 0.4) is 0 Å². The summed E-state index contributed by atoms with van der Waals surface area (Å²) in [5.41, 5.74) is 2.13. The first-order chi connectivity index (χ1) is 13.7. The number of aromatic nitrogens is 2. The Kier molecular flexibility index (Phi) is 6.69. The number of hydrogen-bond acceptors (Lipinski definition) is 7. The topological polar surface area (TPSA) is 92.3 Å². The van der Waals surface area contributed by atoms with E-state index >= 15 is 0 Å². The summed E-state index contributed by atoms with van der Waals surface area (Å²) in [6, 6.07) is 10.9. The van der Waals surface area contributed by atoms with E-state index in [1.165, 1.54) is 36.1 Å². The molecule has 0 spiro atoms. The van der Waals surface area contributed by atoms with Crippen molar-refractivity contribution in [2.75, 3.05) is 18.9 Å². The van der Waals surface area contributed by atoms with Crippen molar-refractivity contribution < 1.29 is 13.2 Å². The molecule has 0 bridgehead atoms. The van der Waals surface area contributed by atoms with Crippen LogP contribution in [0.5, 0.6) is 0 Å². The number of benzene rings is 1. The maximum atomic E-state index is 12.5. The number of thiophene rings is 1. The molecule has 7 nitrogen and oxygen atoms in total. The largest absolute Gasteiger partial charge is 0.299 e. The van der Waals surface area contributed by atoms with Gasteiger partial charge < -0.3 is 0 Å². The highest BCUT2D eigenvalue weighted by Gasteiger charge is 2.25. The molecule has 3 rings (SSSR count). The van der Waals surface area contributed by atoms with Crippen LogP contribution in [0.2, 0.25) is 4.34 Å². The molecule has 0 fully saturated rings. The monoisotopic (exact) mass is 470 g/mol. The third-order valence-electron chi connectivity index (χ3n) is 4.08. The van der Waals surface area contributed by atoms with Crippen LogP contribution >= 0.6 is 34.3 Å². The summed E-state index contributed by atoms with van der Waals surface area (Å²) in [6.45, 7) is 3.89. The summed E-state index contributed by atoms with van der Waals surface area (Å²) in [5, 5.41) is 11.7. The lowest BCUT2D eigenvalue weighted by Gasteiger charge is -2.14. The van der Waals surface area contributed by atoms with E-state index in [4.69, 9.17) is 11.6 Å². The van der Waals surface area contributed by atoms with Gasteiger partial charge in [-0.25, -0.2) is 8.42 Å². The first-order valence-electron chi connectivity index (χ1n) is 8.62. The minimum Gasteiger partial charge on any atom is -0.299 e. The van der Waals surface area contributed by atoms with Crippen LogP contribution in [0.25, 0.3) is 10.6 Å². The van der Waals surface area contributed by atoms with Crippen molar-refractivity contribution in [3.63, 3.8) is 0 Å². The Morgan fingerprint density at radius 1 is 1.14 bits per heavy atom. The van der Waals surface area contributed by atoms with Crippen molar-refractivity contribution in [3.05, 3.63) is 46.3 Å². The van der Waals surface area contributed by atoms with Gasteiger partial charge >= 0.3 is 0 Å². The first kappa shape index (κ1) is 21.8. The number of halogens is 1. The van der Waals surface area contributed by atoms with E-state index in [0.717, 1.165) is 21.2 Å². The molecule has 2 aromatic heterocycles. The summed E-state index contributed by atoms with van der Waals surface area (Å²) in [5.74, 6) is -0.0663. The highest BCUT2D eigenvalue weighted by Crippen LogP contribution is 2.29. The molecule has 0 aliphatic carbocycles. The Morgan fingerprint density at radius 2 is 1.83 bits per heavy atom. The van der Waals surface area contributed by atoms with Gasteiger partial charge in [0.2, 0.25) is 11.0 Å². The number of nitrogens with zero attached hydrogens (tertiary/aromatic N) is 3. The van der Waals surface area contributed by atoms with Gasteiger partial charge in [0.25, 0.3) is 10.0 Å². The van der Waals surface area contributed by atoms with Crippen LogP contribution in [0.1, 0.15) is 25.3 Å². The fourth-order valence-electron chi connectivity index (χ4n) is 2.44. The van der Waals surface area contributed by atoms with Crippen molar-refractivity contribution in [2.45, 2.75) is 24.0 Å². The van der Waals surface area contributed by atoms with Gasteiger partial charge in [-0.15, -0.1) is 21.5 Å². The molecular formula is C18H19ClN4O3S3. The Balaban J connectivity index is 1.64. The molecule has 2 heterocycles. The molecule has 3 aromatic rings. The number of likely N-dealkylation sites (N-methyl/N-ethyl adjacent to an activating group) is 1. The molecule has 11 heteroatoms. The quantitative estimate of drug-likeness (QED) is 0.555. The molecule has 0 aliphatic rings. The SMILES string of the molecule is CC(C)c1ccc(-c2nnc(NC(=O)CN(C)S(=O)(=O)c3ccc(Cl)s3)s2)cc1. The zero-order chi connectivity index (χ0) is 21.2. The van der Waals surface area contributed by atoms with Crippen LogP contribution in [0, 0.1) is 0 Å². The second-order valence-electron chi connectivity index (χ2n) is 6.56. The lowest BCUT2D eigenvalue weighted by Crippen LogP contribution is -2.34. The van der Waals surface area contributed by atoms with Gasteiger partial charge in [-0.2, -0.15) is 4.31 Å². The molecule has 0 saturated heterocycles. The maximum absolute atomic E-state index is 12.5. The van der Waals surface area contributed by atoms with Crippen molar-refractivity contribution in [1.82, 2.24) is 14.5 Å². The van der Waals surface area contributed by atoms with Gasteiger partial charge in [-0.1, -0.05) is 61.1 Å². The molecule has 1 aromatic carbocycles. The Hall–Kier alpha value is -1.85. The smallest absolute Gasteiger partial charge is 0.252 e. The average molecular weight is 471 g/mol. The van der Waals surface area contributed by atoms with Crippen molar-refractivity contribution in [3.8, 4) is 10.6 Å². The third-order valence-corrected chi connectivity index (χ3v) is 8.46. The number of rotatable bonds is 7. The minimum absolute atomic E-state index is 0.0841. The number of carbonyl (C=O) groups excluding carboxylic acids is 1. The van der Waals surface area contributed by atoms with E-state index in [9.17, 15) is 13.2 Å². The summed E-state index contributed by atoms with van der Waals surface area (Å²) in [6.07, 6.45) is 0. The predicted molar refractivity (Wildman–Crippen MR) is 117 cm³/mol. The standard InChI is InChI=1S/C18H19ClN4O3S3/c1-11(2)12-4-6-13(7-5-12)17-21-22-18(28-17)20-15(24)10-23(3)29(25,26)16-9-8-14(19)27-16/h4-9,11H,10H2,1-3H3,(H,20,22,24). The second-order valence-corrected chi connectivity index (χ2v) is 11.5. The lowest BCUT2D eigenvalue weighted by molar-refractivity contribution is -0.116. The van der Waals surface area contributed by atoms with E-state index in [2.05, 4.69) is 29.4 Å². The van der Waals surface area contributed by atoms with Crippen molar-refractivity contribution in [1.29, 1.82) is 0 Å². The van der Waals surface area contributed by atoms with Gasteiger partial charge in [0.15, 0.2) is 0 Å². The molecule has 0 atom stereocenters.